The highest BCUT2D eigenvalue weighted by Gasteiger charge is 2.38. The Morgan fingerprint density at radius 2 is 1.83 bits per heavy atom. The maximum atomic E-state index is 11.5. The van der Waals surface area contributed by atoms with Crippen LogP contribution in [-0.2, 0) is 10.4 Å². The molecule has 0 radical (unpaired) electrons. The van der Waals surface area contributed by atoms with E-state index in [1.807, 2.05) is 6.07 Å². The number of benzene rings is 1. The summed E-state index contributed by atoms with van der Waals surface area (Å²) in [6, 6.07) is 13.9. The second-order valence-corrected chi connectivity index (χ2v) is 3.97. The number of carboxylic acids is 1. The number of rotatable bonds is 4. The van der Waals surface area contributed by atoms with Gasteiger partial charge in [-0.25, -0.2) is 9.78 Å². The van der Waals surface area contributed by atoms with Gasteiger partial charge in [0.1, 0.15) is 0 Å². The van der Waals surface area contributed by atoms with E-state index in [1.165, 1.54) is 6.92 Å². The van der Waals surface area contributed by atoms with Gasteiger partial charge in [-0.2, -0.15) is 0 Å². The molecule has 18 heavy (non-hydrogen) atoms. The molecule has 1 aromatic heterocycles. The second-order valence-electron chi connectivity index (χ2n) is 3.97. The van der Waals surface area contributed by atoms with E-state index in [9.17, 15) is 9.90 Å². The normalized spacial score (nSPS) is 13.6. The maximum Gasteiger partial charge on any atom is 0.352 e. The Morgan fingerprint density at radius 3 is 2.39 bits per heavy atom. The van der Waals surface area contributed by atoms with E-state index in [4.69, 9.17) is 4.74 Å². The van der Waals surface area contributed by atoms with Crippen molar-refractivity contribution in [3.05, 3.63) is 60.3 Å². The van der Waals surface area contributed by atoms with E-state index in [1.54, 1.807) is 48.7 Å². The van der Waals surface area contributed by atoms with Crippen molar-refractivity contribution in [2.24, 2.45) is 0 Å². The quantitative estimate of drug-likeness (QED) is 0.896. The molecule has 1 heterocycles. The summed E-state index contributed by atoms with van der Waals surface area (Å²) in [6.45, 7) is 1.51. The van der Waals surface area contributed by atoms with E-state index in [2.05, 4.69) is 4.98 Å². The van der Waals surface area contributed by atoms with Crippen LogP contribution in [0, 0.1) is 0 Å². The Hall–Kier alpha value is -2.36. The van der Waals surface area contributed by atoms with Gasteiger partial charge in [0.15, 0.2) is 0 Å². The SMILES string of the molecule is CC(Oc1ccccn1)(C(=O)O)c1ccccc1. The Labute approximate surface area is 105 Å². The second kappa shape index (κ2) is 4.87. The first-order chi connectivity index (χ1) is 8.63. The van der Waals surface area contributed by atoms with Gasteiger partial charge in [-0.15, -0.1) is 0 Å². The molecule has 2 rings (SSSR count). The molecule has 0 bridgehead atoms. The number of carboxylic acid groups (broad SMARTS) is 1. The van der Waals surface area contributed by atoms with Gasteiger partial charge in [-0.1, -0.05) is 36.4 Å². The first-order valence-corrected chi connectivity index (χ1v) is 5.52. The molecule has 0 spiro atoms. The molecule has 0 amide bonds. The van der Waals surface area contributed by atoms with Crippen molar-refractivity contribution >= 4 is 5.97 Å². The van der Waals surface area contributed by atoms with Crippen LogP contribution in [0.15, 0.2) is 54.7 Å². The fourth-order valence-electron chi connectivity index (χ4n) is 1.60. The molecule has 0 aliphatic heterocycles. The van der Waals surface area contributed by atoms with E-state index >= 15 is 0 Å². The van der Waals surface area contributed by atoms with Crippen molar-refractivity contribution < 1.29 is 14.6 Å². The topological polar surface area (TPSA) is 59.4 Å². The lowest BCUT2D eigenvalue weighted by atomic mass is 9.96. The summed E-state index contributed by atoms with van der Waals surface area (Å²) >= 11 is 0. The van der Waals surface area contributed by atoms with Gasteiger partial charge in [-0.05, 0) is 13.0 Å². The summed E-state index contributed by atoms with van der Waals surface area (Å²) in [5.41, 5.74) is -0.876. The number of pyridine rings is 1. The van der Waals surface area contributed by atoms with Gasteiger partial charge >= 0.3 is 5.97 Å². The zero-order chi connectivity index (χ0) is 13.0. The molecule has 0 aliphatic rings. The minimum Gasteiger partial charge on any atom is -0.478 e. The number of ether oxygens (including phenoxy) is 1. The summed E-state index contributed by atoms with van der Waals surface area (Å²) < 4.78 is 5.54. The highest BCUT2D eigenvalue weighted by molar-refractivity contribution is 5.79. The van der Waals surface area contributed by atoms with Crippen LogP contribution in [0.1, 0.15) is 12.5 Å². The standard InChI is InChI=1S/C14H13NO3/c1-14(13(16)17,11-7-3-2-4-8-11)18-12-9-5-6-10-15-12/h2-10H,1H3,(H,16,17). The molecule has 1 N–H and O–H groups in total. The van der Waals surface area contributed by atoms with Crippen molar-refractivity contribution in [1.82, 2.24) is 4.98 Å². The number of aliphatic carboxylic acids is 1. The summed E-state index contributed by atoms with van der Waals surface area (Å²) in [5, 5.41) is 9.39. The van der Waals surface area contributed by atoms with Gasteiger partial charge in [0.2, 0.25) is 11.5 Å². The molecule has 0 fully saturated rings. The number of hydrogen-bond acceptors (Lipinski definition) is 3. The van der Waals surface area contributed by atoms with Crippen LogP contribution in [-0.4, -0.2) is 16.1 Å². The minimum atomic E-state index is -1.45. The number of nitrogens with zero attached hydrogens (tertiary/aromatic N) is 1. The van der Waals surface area contributed by atoms with Crippen molar-refractivity contribution in [2.45, 2.75) is 12.5 Å². The Balaban J connectivity index is 2.37. The molecule has 0 saturated carbocycles. The third-order valence-electron chi connectivity index (χ3n) is 2.68. The van der Waals surface area contributed by atoms with Crippen LogP contribution in [0.2, 0.25) is 0 Å². The Morgan fingerprint density at radius 1 is 1.17 bits per heavy atom. The van der Waals surface area contributed by atoms with Gasteiger partial charge in [0.25, 0.3) is 0 Å². The average Bonchev–Trinajstić information content (AvgIpc) is 2.40. The summed E-state index contributed by atoms with van der Waals surface area (Å²) in [4.78, 5) is 15.5. The molecule has 92 valence electrons. The molecule has 0 saturated heterocycles. The van der Waals surface area contributed by atoms with Gasteiger partial charge in [0, 0.05) is 17.8 Å². The fourth-order valence-corrected chi connectivity index (χ4v) is 1.60. The number of hydrogen-bond donors (Lipinski definition) is 1. The van der Waals surface area contributed by atoms with Crippen LogP contribution < -0.4 is 4.74 Å². The van der Waals surface area contributed by atoms with Crippen LogP contribution >= 0.6 is 0 Å². The average molecular weight is 243 g/mol. The number of aromatic nitrogens is 1. The predicted octanol–water partition coefficient (Wildman–Crippen LogP) is 2.46. The largest absolute Gasteiger partial charge is 0.478 e. The molecule has 4 nitrogen and oxygen atoms in total. The van der Waals surface area contributed by atoms with Crippen molar-refractivity contribution in [1.29, 1.82) is 0 Å². The third-order valence-corrected chi connectivity index (χ3v) is 2.68. The Kier molecular flexibility index (Phi) is 3.28. The molecule has 1 atom stereocenters. The highest BCUT2D eigenvalue weighted by Crippen LogP contribution is 2.27. The van der Waals surface area contributed by atoms with Crippen LogP contribution in [0.4, 0.5) is 0 Å². The van der Waals surface area contributed by atoms with Gasteiger partial charge in [-0.3, -0.25) is 0 Å². The highest BCUT2D eigenvalue weighted by atomic mass is 16.5. The fraction of sp³-hybridized carbons (Fsp3) is 0.143. The summed E-state index contributed by atoms with van der Waals surface area (Å²) in [7, 11) is 0. The molecule has 0 aliphatic carbocycles. The third kappa shape index (κ3) is 2.32. The first-order valence-electron chi connectivity index (χ1n) is 5.52. The summed E-state index contributed by atoms with van der Waals surface area (Å²) in [6.07, 6.45) is 1.56. The predicted molar refractivity (Wildman–Crippen MR) is 66.3 cm³/mol. The van der Waals surface area contributed by atoms with Gasteiger partial charge in [0.05, 0.1) is 0 Å². The van der Waals surface area contributed by atoms with Crippen LogP contribution in [0.3, 0.4) is 0 Å². The van der Waals surface area contributed by atoms with Crippen molar-refractivity contribution in [3.8, 4) is 5.88 Å². The molecular weight excluding hydrogens is 230 g/mol. The first kappa shape index (κ1) is 12.1. The van der Waals surface area contributed by atoms with E-state index < -0.39 is 11.6 Å². The zero-order valence-electron chi connectivity index (χ0n) is 9.91. The lowest BCUT2D eigenvalue weighted by Crippen LogP contribution is -2.38. The lowest BCUT2D eigenvalue weighted by molar-refractivity contribution is -0.155. The molecule has 2 aromatic rings. The van der Waals surface area contributed by atoms with Crippen molar-refractivity contribution in [2.75, 3.05) is 0 Å². The summed E-state index contributed by atoms with van der Waals surface area (Å²) in [5.74, 6) is -0.773. The van der Waals surface area contributed by atoms with Crippen LogP contribution in [0.25, 0.3) is 0 Å². The molecule has 1 aromatic carbocycles. The smallest absolute Gasteiger partial charge is 0.352 e. The maximum absolute atomic E-state index is 11.5. The van der Waals surface area contributed by atoms with Crippen molar-refractivity contribution in [3.63, 3.8) is 0 Å². The molecule has 4 heteroatoms. The zero-order valence-corrected chi connectivity index (χ0v) is 9.91. The minimum absolute atomic E-state index is 0.284. The van der Waals surface area contributed by atoms with E-state index in [0.29, 0.717) is 5.56 Å². The number of carbonyl (C=O) groups is 1. The van der Waals surface area contributed by atoms with E-state index in [-0.39, 0.29) is 5.88 Å². The Bertz CT molecular complexity index is 527. The van der Waals surface area contributed by atoms with E-state index in [0.717, 1.165) is 0 Å². The lowest BCUT2D eigenvalue weighted by Gasteiger charge is -2.25. The van der Waals surface area contributed by atoms with Gasteiger partial charge < -0.3 is 9.84 Å². The molecular formula is C14H13NO3. The van der Waals surface area contributed by atoms with Crippen LogP contribution in [0.5, 0.6) is 5.88 Å². The monoisotopic (exact) mass is 243 g/mol. The molecule has 1 unspecified atom stereocenters.